The topological polar surface area (TPSA) is 23.5 Å². The molecule has 0 rings (SSSR count). The van der Waals surface area contributed by atoms with Crippen molar-refractivity contribution in [1.29, 1.82) is 0 Å². The highest BCUT2D eigenvalue weighted by molar-refractivity contribution is 4.76. The van der Waals surface area contributed by atoms with Crippen LogP contribution < -0.4 is 0 Å². The third-order valence-corrected chi connectivity index (χ3v) is 3.03. The van der Waals surface area contributed by atoms with Gasteiger partial charge >= 0.3 is 0 Å². The minimum atomic E-state index is 0.0930. The quantitative estimate of drug-likeness (QED) is 0.598. The molecule has 0 fully saturated rings. The summed E-state index contributed by atoms with van der Waals surface area (Å²) in [5.41, 5.74) is 0.0930. The Balaban J connectivity index is 3.84. The molecule has 0 aliphatic rings. The molecule has 0 aliphatic heterocycles. The van der Waals surface area contributed by atoms with Crippen LogP contribution in [0.2, 0.25) is 0 Å². The second kappa shape index (κ2) is 8.12. The Morgan fingerprint density at radius 3 is 2.27 bits per heavy atom. The van der Waals surface area contributed by atoms with E-state index < -0.39 is 0 Å². The Kier molecular flexibility index (Phi) is 8.07. The smallest absolute Gasteiger partial charge is 0.0497 e. The predicted octanol–water partition coefficient (Wildman–Crippen LogP) is 2.91. The maximum atomic E-state index is 9.41. The fourth-order valence-electron chi connectivity index (χ4n) is 2.17. The van der Waals surface area contributed by atoms with E-state index in [4.69, 9.17) is 0 Å². The van der Waals surface area contributed by atoms with E-state index in [-0.39, 0.29) is 5.41 Å². The van der Waals surface area contributed by atoms with E-state index in [1.54, 1.807) is 0 Å². The van der Waals surface area contributed by atoms with Gasteiger partial charge in [0.25, 0.3) is 0 Å². The summed E-state index contributed by atoms with van der Waals surface area (Å²) in [7, 11) is 2.17. The summed E-state index contributed by atoms with van der Waals surface area (Å²) in [6.45, 7) is 9.08. The molecule has 0 saturated heterocycles. The molecular formula is C13H29NO. The molecule has 0 amide bonds. The average molecular weight is 215 g/mol. The zero-order valence-electron chi connectivity index (χ0n) is 11.1. The number of unbranched alkanes of at least 4 members (excludes halogenated alkanes) is 2. The lowest BCUT2D eigenvalue weighted by molar-refractivity contribution is 0.0898. The number of hydrogen-bond donors (Lipinski definition) is 1. The van der Waals surface area contributed by atoms with Gasteiger partial charge in [0.15, 0.2) is 0 Å². The molecule has 0 aromatic rings. The number of aliphatic hydroxyl groups is 1. The summed E-state index contributed by atoms with van der Waals surface area (Å²) in [5.74, 6) is 0. The van der Waals surface area contributed by atoms with Crippen molar-refractivity contribution in [3.63, 3.8) is 0 Å². The van der Waals surface area contributed by atoms with Crippen LogP contribution in [-0.2, 0) is 0 Å². The van der Waals surface area contributed by atoms with E-state index >= 15 is 0 Å². The van der Waals surface area contributed by atoms with Gasteiger partial charge in [-0.25, -0.2) is 0 Å². The van der Waals surface area contributed by atoms with Crippen molar-refractivity contribution in [3.05, 3.63) is 0 Å². The highest BCUT2D eigenvalue weighted by Gasteiger charge is 2.23. The van der Waals surface area contributed by atoms with Gasteiger partial charge in [-0.3, -0.25) is 0 Å². The van der Waals surface area contributed by atoms with Gasteiger partial charge in [-0.15, -0.1) is 0 Å². The molecule has 0 aromatic carbocycles. The molecule has 2 heteroatoms. The lowest BCUT2D eigenvalue weighted by Crippen LogP contribution is -2.36. The Morgan fingerprint density at radius 2 is 1.80 bits per heavy atom. The van der Waals surface area contributed by atoms with Crippen LogP contribution in [0.5, 0.6) is 0 Å². The second-order valence-corrected chi connectivity index (χ2v) is 5.16. The molecule has 0 radical (unpaired) electrons. The molecule has 0 spiro atoms. The molecule has 0 saturated carbocycles. The van der Waals surface area contributed by atoms with Crippen LogP contribution in [0, 0.1) is 5.41 Å². The van der Waals surface area contributed by atoms with Gasteiger partial charge in [0.2, 0.25) is 0 Å². The van der Waals surface area contributed by atoms with Crippen molar-refractivity contribution in [2.45, 2.75) is 52.9 Å². The molecule has 1 N–H and O–H groups in total. The van der Waals surface area contributed by atoms with Gasteiger partial charge in [-0.05, 0) is 26.4 Å². The lowest BCUT2D eigenvalue weighted by Gasteiger charge is -2.32. The van der Waals surface area contributed by atoms with E-state index in [1.807, 2.05) is 0 Å². The zero-order chi connectivity index (χ0) is 11.7. The van der Waals surface area contributed by atoms with Crippen LogP contribution in [0.1, 0.15) is 52.9 Å². The van der Waals surface area contributed by atoms with Gasteiger partial charge < -0.3 is 10.0 Å². The van der Waals surface area contributed by atoms with E-state index in [0.717, 1.165) is 25.9 Å². The SMILES string of the molecule is CCCCCN(C)CC(C)(CO)CCC. The van der Waals surface area contributed by atoms with Crippen molar-refractivity contribution in [3.8, 4) is 0 Å². The third kappa shape index (κ3) is 6.91. The summed E-state index contributed by atoms with van der Waals surface area (Å²) in [6.07, 6.45) is 6.14. The molecule has 1 unspecified atom stereocenters. The Morgan fingerprint density at radius 1 is 1.13 bits per heavy atom. The van der Waals surface area contributed by atoms with Crippen LogP contribution in [0.25, 0.3) is 0 Å². The van der Waals surface area contributed by atoms with Gasteiger partial charge in [-0.2, -0.15) is 0 Å². The Bertz CT molecular complexity index is 149. The standard InChI is InChI=1S/C13H29NO/c1-5-7-8-10-14(4)11-13(3,12-15)9-6-2/h15H,5-12H2,1-4H3. The van der Waals surface area contributed by atoms with E-state index in [1.165, 1.54) is 19.3 Å². The summed E-state index contributed by atoms with van der Waals surface area (Å²) in [6, 6.07) is 0. The van der Waals surface area contributed by atoms with Gasteiger partial charge in [-0.1, -0.05) is 40.0 Å². The van der Waals surface area contributed by atoms with Crippen LogP contribution in [-0.4, -0.2) is 36.8 Å². The normalized spacial score (nSPS) is 15.6. The van der Waals surface area contributed by atoms with Crippen molar-refractivity contribution in [2.24, 2.45) is 5.41 Å². The first-order valence-electron chi connectivity index (χ1n) is 6.37. The summed E-state index contributed by atoms with van der Waals surface area (Å²) < 4.78 is 0. The van der Waals surface area contributed by atoms with Crippen molar-refractivity contribution >= 4 is 0 Å². The molecule has 1 atom stereocenters. The lowest BCUT2D eigenvalue weighted by atomic mass is 9.86. The predicted molar refractivity (Wildman–Crippen MR) is 67.1 cm³/mol. The highest BCUT2D eigenvalue weighted by Crippen LogP contribution is 2.23. The summed E-state index contributed by atoms with van der Waals surface area (Å²) in [5, 5.41) is 9.41. The van der Waals surface area contributed by atoms with E-state index in [2.05, 4.69) is 32.7 Å². The maximum Gasteiger partial charge on any atom is 0.0497 e. The second-order valence-electron chi connectivity index (χ2n) is 5.16. The number of hydrogen-bond acceptors (Lipinski definition) is 2. The fraction of sp³-hybridized carbons (Fsp3) is 1.00. The van der Waals surface area contributed by atoms with Gasteiger partial charge in [0.1, 0.15) is 0 Å². The van der Waals surface area contributed by atoms with Gasteiger partial charge in [0, 0.05) is 18.6 Å². The number of rotatable bonds is 9. The van der Waals surface area contributed by atoms with Crippen LogP contribution >= 0.6 is 0 Å². The number of aliphatic hydroxyl groups excluding tert-OH is 1. The van der Waals surface area contributed by atoms with Crippen LogP contribution in [0.3, 0.4) is 0 Å². The highest BCUT2D eigenvalue weighted by atomic mass is 16.3. The first-order valence-corrected chi connectivity index (χ1v) is 6.37. The van der Waals surface area contributed by atoms with Crippen molar-refractivity contribution < 1.29 is 5.11 Å². The minimum absolute atomic E-state index is 0.0930. The van der Waals surface area contributed by atoms with Gasteiger partial charge in [0.05, 0.1) is 0 Å². The van der Waals surface area contributed by atoms with E-state index in [9.17, 15) is 5.11 Å². The van der Waals surface area contributed by atoms with E-state index in [0.29, 0.717) is 6.61 Å². The number of nitrogens with zero attached hydrogens (tertiary/aromatic N) is 1. The van der Waals surface area contributed by atoms with Crippen LogP contribution in [0.15, 0.2) is 0 Å². The molecule has 15 heavy (non-hydrogen) atoms. The molecule has 2 nitrogen and oxygen atoms in total. The fourth-order valence-corrected chi connectivity index (χ4v) is 2.17. The summed E-state index contributed by atoms with van der Waals surface area (Å²) >= 11 is 0. The third-order valence-electron chi connectivity index (χ3n) is 3.03. The van der Waals surface area contributed by atoms with Crippen molar-refractivity contribution in [1.82, 2.24) is 4.90 Å². The van der Waals surface area contributed by atoms with Crippen LogP contribution in [0.4, 0.5) is 0 Å². The summed E-state index contributed by atoms with van der Waals surface area (Å²) in [4.78, 5) is 2.36. The minimum Gasteiger partial charge on any atom is -0.396 e. The molecular weight excluding hydrogens is 186 g/mol. The first kappa shape index (κ1) is 14.9. The molecule has 92 valence electrons. The average Bonchev–Trinajstić information content (AvgIpc) is 2.18. The Hall–Kier alpha value is -0.0800. The zero-order valence-corrected chi connectivity index (χ0v) is 11.1. The first-order chi connectivity index (χ1) is 7.08. The molecule has 0 bridgehead atoms. The van der Waals surface area contributed by atoms with Crippen molar-refractivity contribution in [2.75, 3.05) is 26.7 Å². The molecule has 0 aromatic heterocycles. The largest absolute Gasteiger partial charge is 0.396 e. The molecule has 0 heterocycles. The maximum absolute atomic E-state index is 9.41. The monoisotopic (exact) mass is 215 g/mol. The Labute approximate surface area is 95.7 Å². The molecule has 0 aliphatic carbocycles.